The lowest BCUT2D eigenvalue weighted by atomic mass is 10.7. The SMILES string of the molecule is CCOC(CBr)OC(C)=O. The summed E-state index contributed by atoms with van der Waals surface area (Å²) in [6.07, 6.45) is -0.442. The molecule has 0 aromatic carbocycles. The van der Waals surface area contributed by atoms with E-state index in [1.54, 1.807) is 0 Å². The van der Waals surface area contributed by atoms with Crippen molar-refractivity contribution in [2.75, 3.05) is 11.9 Å². The molecular weight excluding hydrogens is 200 g/mol. The van der Waals surface area contributed by atoms with Crippen LogP contribution < -0.4 is 0 Å². The Balaban J connectivity index is 3.49. The molecule has 0 rings (SSSR count). The molecule has 4 heteroatoms. The van der Waals surface area contributed by atoms with Crippen LogP contribution >= 0.6 is 15.9 Å². The zero-order chi connectivity index (χ0) is 7.98. The first kappa shape index (κ1) is 9.91. The maximum atomic E-state index is 10.4. The first-order chi connectivity index (χ1) is 4.70. The molecule has 60 valence electrons. The first-order valence-corrected chi connectivity index (χ1v) is 4.17. The molecule has 0 aliphatic carbocycles. The maximum absolute atomic E-state index is 10.4. The van der Waals surface area contributed by atoms with E-state index in [0.717, 1.165) is 0 Å². The molecule has 0 bridgehead atoms. The Kier molecular flexibility index (Phi) is 5.63. The monoisotopic (exact) mass is 210 g/mol. The van der Waals surface area contributed by atoms with Crippen molar-refractivity contribution in [3.05, 3.63) is 0 Å². The van der Waals surface area contributed by atoms with E-state index < -0.39 is 6.29 Å². The minimum Gasteiger partial charge on any atom is -0.435 e. The molecule has 1 unspecified atom stereocenters. The quantitative estimate of drug-likeness (QED) is 0.399. The van der Waals surface area contributed by atoms with Gasteiger partial charge in [-0.05, 0) is 6.92 Å². The van der Waals surface area contributed by atoms with Gasteiger partial charge in [-0.25, -0.2) is 0 Å². The molecule has 0 spiro atoms. The van der Waals surface area contributed by atoms with E-state index in [1.807, 2.05) is 6.92 Å². The topological polar surface area (TPSA) is 35.5 Å². The smallest absolute Gasteiger partial charge is 0.304 e. The number of rotatable bonds is 4. The van der Waals surface area contributed by atoms with Gasteiger partial charge in [-0.1, -0.05) is 15.9 Å². The van der Waals surface area contributed by atoms with Gasteiger partial charge in [0.1, 0.15) is 0 Å². The lowest BCUT2D eigenvalue weighted by Gasteiger charge is -2.12. The third-order valence-corrected chi connectivity index (χ3v) is 1.30. The maximum Gasteiger partial charge on any atom is 0.304 e. The van der Waals surface area contributed by atoms with Gasteiger partial charge >= 0.3 is 5.97 Å². The number of hydrogen-bond acceptors (Lipinski definition) is 3. The molecule has 0 aromatic rings. The van der Waals surface area contributed by atoms with E-state index in [9.17, 15) is 4.79 Å². The van der Waals surface area contributed by atoms with Crippen molar-refractivity contribution in [1.29, 1.82) is 0 Å². The van der Waals surface area contributed by atoms with Gasteiger partial charge < -0.3 is 9.47 Å². The van der Waals surface area contributed by atoms with Crippen LogP contribution in [0.25, 0.3) is 0 Å². The molecule has 0 heterocycles. The second kappa shape index (κ2) is 5.68. The van der Waals surface area contributed by atoms with Crippen molar-refractivity contribution in [3.8, 4) is 0 Å². The summed E-state index contributed by atoms with van der Waals surface area (Å²) in [5, 5.41) is 0.514. The van der Waals surface area contributed by atoms with Crippen molar-refractivity contribution in [2.24, 2.45) is 0 Å². The number of carbonyl (C=O) groups excluding carboxylic acids is 1. The van der Waals surface area contributed by atoms with Crippen LogP contribution in [0.4, 0.5) is 0 Å². The molecule has 0 saturated carbocycles. The lowest BCUT2D eigenvalue weighted by molar-refractivity contribution is -0.169. The molecule has 3 nitrogen and oxygen atoms in total. The van der Waals surface area contributed by atoms with E-state index in [2.05, 4.69) is 15.9 Å². The molecule has 0 aromatic heterocycles. The number of hydrogen-bond donors (Lipinski definition) is 0. The van der Waals surface area contributed by atoms with Crippen LogP contribution in [0.5, 0.6) is 0 Å². The third kappa shape index (κ3) is 4.76. The summed E-state index contributed by atoms with van der Waals surface area (Å²) in [5.41, 5.74) is 0. The highest BCUT2D eigenvalue weighted by Crippen LogP contribution is 1.99. The summed E-state index contributed by atoms with van der Waals surface area (Å²) in [6, 6.07) is 0. The number of halogens is 1. The molecule has 0 N–H and O–H groups in total. The Bertz CT molecular complexity index is 105. The minimum atomic E-state index is -0.442. The number of alkyl halides is 1. The fraction of sp³-hybridized carbons (Fsp3) is 0.833. The average molecular weight is 211 g/mol. The molecular formula is C6H11BrO3. The van der Waals surface area contributed by atoms with Crippen molar-refractivity contribution >= 4 is 21.9 Å². The zero-order valence-electron chi connectivity index (χ0n) is 6.09. The predicted molar refractivity (Wildman–Crippen MR) is 41.0 cm³/mol. The van der Waals surface area contributed by atoms with Crippen LogP contribution in [0, 0.1) is 0 Å². The molecule has 10 heavy (non-hydrogen) atoms. The van der Waals surface area contributed by atoms with E-state index in [-0.39, 0.29) is 5.97 Å². The van der Waals surface area contributed by atoms with Gasteiger partial charge in [-0.15, -0.1) is 0 Å². The Morgan fingerprint density at radius 1 is 1.70 bits per heavy atom. The largest absolute Gasteiger partial charge is 0.435 e. The van der Waals surface area contributed by atoms with Crippen molar-refractivity contribution in [1.82, 2.24) is 0 Å². The summed E-state index contributed by atoms with van der Waals surface area (Å²) >= 11 is 3.14. The highest BCUT2D eigenvalue weighted by molar-refractivity contribution is 9.09. The lowest BCUT2D eigenvalue weighted by Crippen LogP contribution is -2.21. The number of ether oxygens (including phenoxy) is 2. The predicted octanol–water partition coefficient (Wildman–Crippen LogP) is 1.31. The van der Waals surface area contributed by atoms with Gasteiger partial charge in [-0.2, -0.15) is 0 Å². The highest BCUT2D eigenvalue weighted by Gasteiger charge is 2.07. The third-order valence-electron chi connectivity index (χ3n) is 0.776. The van der Waals surface area contributed by atoms with Crippen LogP contribution in [0.15, 0.2) is 0 Å². The van der Waals surface area contributed by atoms with Crippen LogP contribution in [0.2, 0.25) is 0 Å². The second-order valence-corrected chi connectivity index (χ2v) is 2.30. The number of carbonyl (C=O) groups is 1. The van der Waals surface area contributed by atoms with Gasteiger partial charge in [0.25, 0.3) is 0 Å². The standard InChI is InChI=1S/C6H11BrO3/c1-3-9-6(4-7)10-5(2)8/h6H,3-4H2,1-2H3. The Labute approximate surface area is 68.8 Å². The van der Waals surface area contributed by atoms with Crippen LogP contribution in [0.3, 0.4) is 0 Å². The zero-order valence-corrected chi connectivity index (χ0v) is 7.68. The van der Waals surface area contributed by atoms with E-state index in [4.69, 9.17) is 9.47 Å². The Hall–Kier alpha value is -0.0900. The fourth-order valence-electron chi connectivity index (χ4n) is 0.481. The molecule has 0 aliphatic heterocycles. The van der Waals surface area contributed by atoms with Crippen molar-refractivity contribution in [2.45, 2.75) is 20.1 Å². The van der Waals surface area contributed by atoms with Crippen LogP contribution in [0.1, 0.15) is 13.8 Å². The number of esters is 1. The normalized spacial score (nSPS) is 12.7. The van der Waals surface area contributed by atoms with E-state index >= 15 is 0 Å². The summed E-state index contributed by atoms with van der Waals surface area (Å²) in [5.74, 6) is -0.321. The summed E-state index contributed by atoms with van der Waals surface area (Å²) < 4.78 is 9.74. The summed E-state index contributed by atoms with van der Waals surface area (Å²) in [6.45, 7) is 3.75. The highest BCUT2D eigenvalue weighted by atomic mass is 79.9. The molecule has 1 atom stereocenters. The molecule has 0 amide bonds. The fourth-order valence-corrected chi connectivity index (χ4v) is 0.800. The first-order valence-electron chi connectivity index (χ1n) is 3.05. The average Bonchev–Trinajstić information content (AvgIpc) is 1.86. The Morgan fingerprint density at radius 2 is 2.30 bits per heavy atom. The van der Waals surface area contributed by atoms with E-state index in [1.165, 1.54) is 6.92 Å². The van der Waals surface area contributed by atoms with Crippen molar-refractivity contribution in [3.63, 3.8) is 0 Å². The van der Waals surface area contributed by atoms with Gasteiger partial charge in [-0.3, -0.25) is 4.79 Å². The van der Waals surface area contributed by atoms with E-state index in [0.29, 0.717) is 11.9 Å². The Morgan fingerprint density at radius 3 is 2.60 bits per heavy atom. The van der Waals surface area contributed by atoms with Crippen molar-refractivity contribution < 1.29 is 14.3 Å². The van der Waals surface area contributed by atoms with Crippen LogP contribution in [-0.4, -0.2) is 24.2 Å². The van der Waals surface area contributed by atoms with Gasteiger partial charge in [0.15, 0.2) is 0 Å². The van der Waals surface area contributed by atoms with Gasteiger partial charge in [0, 0.05) is 13.5 Å². The van der Waals surface area contributed by atoms with Gasteiger partial charge in [0.05, 0.1) is 5.33 Å². The van der Waals surface area contributed by atoms with Crippen LogP contribution in [-0.2, 0) is 14.3 Å². The summed E-state index contributed by atoms with van der Waals surface area (Å²) in [7, 11) is 0. The molecule has 0 fully saturated rings. The molecule has 0 radical (unpaired) electrons. The molecule has 0 aliphatic rings. The van der Waals surface area contributed by atoms with Gasteiger partial charge in [0.2, 0.25) is 6.29 Å². The minimum absolute atomic E-state index is 0.321. The second-order valence-electron chi connectivity index (χ2n) is 1.65. The molecule has 0 saturated heterocycles. The summed E-state index contributed by atoms with van der Waals surface area (Å²) in [4.78, 5) is 10.4.